The zero-order valence-electron chi connectivity index (χ0n) is 16.9. The third-order valence-electron chi connectivity index (χ3n) is 5.19. The van der Waals surface area contributed by atoms with Crippen molar-refractivity contribution in [3.63, 3.8) is 0 Å². The maximum atomic E-state index is 13.2. The number of furan rings is 1. The van der Waals surface area contributed by atoms with Gasteiger partial charge >= 0.3 is 0 Å². The number of amides is 3. The highest BCUT2D eigenvalue weighted by Gasteiger charge is 2.32. The van der Waals surface area contributed by atoms with E-state index in [2.05, 4.69) is 10.6 Å². The Morgan fingerprint density at radius 3 is 2.23 bits per heavy atom. The maximum absolute atomic E-state index is 13.2. The average molecular weight is 417 g/mol. The zero-order chi connectivity index (χ0) is 21.6. The van der Waals surface area contributed by atoms with Crippen LogP contribution >= 0.6 is 0 Å². The second-order valence-corrected chi connectivity index (χ2v) is 7.36. The van der Waals surface area contributed by atoms with Gasteiger partial charge in [0.15, 0.2) is 5.76 Å². The van der Waals surface area contributed by atoms with E-state index < -0.39 is 6.04 Å². The van der Waals surface area contributed by atoms with Crippen LogP contribution in [0, 0.1) is 0 Å². The van der Waals surface area contributed by atoms with Gasteiger partial charge in [-0.1, -0.05) is 30.3 Å². The number of nitrogens with one attached hydrogen (secondary N) is 2. The SMILES string of the molecule is O=C(Nc1ccc(NC(=O)C(c2ccccc2)N2CCCCC2=O)cc1)c1ccco1. The molecule has 31 heavy (non-hydrogen) atoms. The van der Waals surface area contributed by atoms with Gasteiger partial charge in [0.2, 0.25) is 5.91 Å². The highest BCUT2D eigenvalue weighted by Crippen LogP contribution is 2.27. The molecule has 7 nitrogen and oxygen atoms in total. The summed E-state index contributed by atoms with van der Waals surface area (Å²) in [5, 5.41) is 5.64. The van der Waals surface area contributed by atoms with Crippen LogP contribution in [-0.4, -0.2) is 29.2 Å². The minimum atomic E-state index is -0.688. The lowest BCUT2D eigenvalue weighted by atomic mass is 10.0. The molecule has 3 aromatic rings. The van der Waals surface area contributed by atoms with E-state index in [9.17, 15) is 14.4 Å². The lowest BCUT2D eigenvalue weighted by Crippen LogP contribution is -2.43. The van der Waals surface area contributed by atoms with E-state index in [0.717, 1.165) is 18.4 Å². The van der Waals surface area contributed by atoms with Crippen molar-refractivity contribution in [2.24, 2.45) is 0 Å². The summed E-state index contributed by atoms with van der Waals surface area (Å²) in [4.78, 5) is 39.4. The third kappa shape index (κ3) is 4.83. The number of benzene rings is 2. The topological polar surface area (TPSA) is 91.7 Å². The summed E-state index contributed by atoms with van der Waals surface area (Å²) in [6.45, 7) is 0.559. The number of hydrogen-bond acceptors (Lipinski definition) is 4. The van der Waals surface area contributed by atoms with Gasteiger partial charge in [-0.2, -0.15) is 0 Å². The van der Waals surface area contributed by atoms with E-state index in [-0.39, 0.29) is 23.5 Å². The number of rotatable bonds is 6. The molecular formula is C24H23N3O4. The summed E-state index contributed by atoms with van der Waals surface area (Å²) in [7, 11) is 0. The first kappa shape index (κ1) is 20.4. The first-order chi connectivity index (χ1) is 15.1. The standard InChI is InChI=1S/C24H23N3O4/c28-21-10-4-5-15-27(21)22(17-7-2-1-3-8-17)24(30)26-19-13-11-18(12-14-19)25-23(29)20-9-6-16-31-20/h1-3,6-9,11-14,16,22H,4-5,10,15H2,(H,25,29)(H,26,30). The van der Waals surface area contributed by atoms with Crippen LogP contribution in [0.15, 0.2) is 77.4 Å². The summed E-state index contributed by atoms with van der Waals surface area (Å²) < 4.78 is 5.08. The van der Waals surface area contributed by atoms with Crippen LogP contribution in [0.1, 0.15) is 41.4 Å². The molecule has 0 bridgehead atoms. The molecule has 2 aromatic carbocycles. The molecule has 0 saturated carbocycles. The molecule has 1 saturated heterocycles. The van der Waals surface area contributed by atoms with Gasteiger partial charge < -0.3 is 20.0 Å². The molecule has 1 aliphatic rings. The van der Waals surface area contributed by atoms with Crippen LogP contribution in [0.3, 0.4) is 0 Å². The van der Waals surface area contributed by atoms with E-state index in [0.29, 0.717) is 24.3 Å². The molecular weight excluding hydrogens is 394 g/mol. The molecule has 158 valence electrons. The van der Waals surface area contributed by atoms with Gasteiger partial charge in [0.1, 0.15) is 6.04 Å². The fourth-order valence-corrected chi connectivity index (χ4v) is 3.66. The summed E-state index contributed by atoms with van der Waals surface area (Å²) in [5.74, 6) is -0.413. The highest BCUT2D eigenvalue weighted by atomic mass is 16.3. The van der Waals surface area contributed by atoms with Gasteiger partial charge in [-0.15, -0.1) is 0 Å². The lowest BCUT2D eigenvalue weighted by molar-refractivity contribution is -0.141. The van der Waals surface area contributed by atoms with Crippen LogP contribution in [0.4, 0.5) is 11.4 Å². The van der Waals surface area contributed by atoms with Crippen LogP contribution in [-0.2, 0) is 9.59 Å². The van der Waals surface area contributed by atoms with Crippen LogP contribution in [0.25, 0.3) is 0 Å². The largest absolute Gasteiger partial charge is 0.459 e. The van der Waals surface area contributed by atoms with Crippen molar-refractivity contribution in [3.05, 3.63) is 84.3 Å². The molecule has 1 fully saturated rings. The Morgan fingerprint density at radius 1 is 0.871 bits per heavy atom. The van der Waals surface area contributed by atoms with E-state index in [1.807, 2.05) is 30.3 Å². The summed E-state index contributed by atoms with van der Waals surface area (Å²) >= 11 is 0. The van der Waals surface area contributed by atoms with Crippen molar-refractivity contribution in [3.8, 4) is 0 Å². The Kier molecular flexibility index (Phi) is 6.12. The van der Waals surface area contributed by atoms with Gasteiger partial charge in [-0.25, -0.2) is 0 Å². The highest BCUT2D eigenvalue weighted by molar-refractivity contribution is 6.02. The number of nitrogens with zero attached hydrogens (tertiary/aromatic N) is 1. The third-order valence-corrected chi connectivity index (χ3v) is 5.19. The molecule has 0 spiro atoms. The molecule has 2 N–H and O–H groups in total. The van der Waals surface area contributed by atoms with Crippen molar-refractivity contribution in [2.45, 2.75) is 25.3 Å². The fourth-order valence-electron chi connectivity index (χ4n) is 3.66. The number of likely N-dealkylation sites (tertiary alicyclic amines) is 1. The number of anilines is 2. The molecule has 1 aromatic heterocycles. The molecule has 1 atom stereocenters. The van der Waals surface area contributed by atoms with E-state index in [1.165, 1.54) is 6.26 Å². The fraction of sp³-hybridized carbons (Fsp3) is 0.208. The molecule has 7 heteroatoms. The number of hydrogen-bond donors (Lipinski definition) is 2. The predicted octanol–water partition coefficient (Wildman–Crippen LogP) is 4.22. The Morgan fingerprint density at radius 2 is 1.58 bits per heavy atom. The first-order valence-corrected chi connectivity index (χ1v) is 10.2. The molecule has 1 unspecified atom stereocenters. The van der Waals surface area contributed by atoms with Crippen molar-refractivity contribution in [2.75, 3.05) is 17.2 Å². The Labute approximate surface area is 180 Å². The monoisotopic (exact) mass is 417 g/mol. The smallest absolute Gasteiger partial charge is 0.291 e. The maximum Gasteiger partial charge on any atom is 0.291 e. The molecule has 3 amide bonds. The van der Waals surface area contributed by atoms with Crippen molar-refractivity contribution < 1.29 is 18.8 Å². The molecule has 1 aliphatic heterocycles. The zero-order valence-corrected chi connectivity index (χ0v) is 16.9. The number of carbonyl (C=O) groups is 3. The molecule has 4 rings (SSSR count). The van der Waals surface area contributed by atoms with Gasteiger partial charge in [0.05, 0.1) is 6.26 Å². The van der Waals surface area contributed by atoms with Gasteiger partial charge in [0.25, 0.3) is 11.8 Å². The lowest BCUT2D eigenvalue weighted by Gasteiger charge is -2.34. The minimum absolute atomic E-state index is 0.00811. The van der Waals surface area contributed by atoms with Crippen molar-refractivity contribution in [1.29, 1.82) is 0 Å². The first-order valence-electron chi connectivity index (χ1n) is 10.2. The van der Waals surface area contributed by atoms with Gasteiger partial charge in [0, 0.05) is 24.3 Å². The minimum Gasteiger partial charge on any atom is -0.459 e. The molecule has 2 heterocycles. The normalized spacial score (nSPS) is 14.7. The van der Waals surface area contributed by atoms with Crippen molar-refractivity contribution in [1.82, 2.24) is 4.90 Å². The summed E-state index contributed by atoms with van der Waals surface area (Å²) in [6, 6.07) is 18.7. The second kappa shape index (κ2) is 9.30. The predicted molar refractivity (Wildman–Crippen MR) is 116 cm³/mol. The van der Waals surface area contributed by atoms with Gasteiger partial charge in [-0.05, 0) is 54.8 Å². The number of carbonyl (C=O) groups excluding carboxylic acids is 3. The molecule has 0 radical (unpaired) electrons. The quantitative estimate of drug-likeness (QED) is 0.628. The second-order valence-electron chi connectivity index (χ2n) is 7.36. The van der Waals surface area contributed by atoms with Crippen molar-refractivity contribution >= 4 is 29.1 Å². The average Bonchev–Trinajstić information content (AvgIpc) is 3.33. The Hall–Kier alpha value is -3.87. The van der Waals surface area contributed by atoms with Gasteiger partial charge in [-0.3, -0.25) is 14.4 Å². The Balaban J connectivity index is 1.48. The number of piperidine rings is 1. The van der Waals surface area contributed by atoms with E-state index >= 15 is 0 Å². The Bertz CT molecular complexity index is 1050. The van der Waals surface area contributed by atoms with Crippen LogP contribution in [0.5, 0.6) is 0 Å². The van der Waals surface area contributed by atoms with E-state index in [1.54, 1.807) is 41.3 Å². The summed E-state index contributed by atoms with van der Waals surface area (Å²) in [5.41, 5.74) is 1.93. The summed E-state index contributed by atoms with van der Waals surface area (Å²) in [6.07, 6.45) is 3.63. The van der Waals surface area contributed by atoms with Crippen LogP contribution in [0.2, 0.25) is 0 Å². The van der Waals surface area contributed by atoms with Crippen LogP contribution < -0.4 is 10.6 Å². The van der Waals surface area contributed by atoms with E-state index in [4.69, 9.17) is 4.42 Å². The molecule has 0 aliphatic carbocycles.